The van der Waals surface area contributed by atoms with Gasteiger partial charge in [0.1, 0.15) is 17.2 Å². The standard InChI is InChI=1S/C14H17NO3/c1-15-7-5-6-11(15)14-12(17-3)8-10(16-2)9-13(14)18-4/h5-9H,1-4H3. The van der Waals surface area contributed by atoms with Crippen LogP contribution in [0.25, 0.3) is 11.3 Å². The van der Waals surface area contributed by atoms with Gasteiger partial charge in [-0.3, -0.25) is 0 Å². The van der Waals surface area contributed by atoms with Crippen molar-refractivity contribution in [3.05, 3.63) is 30.5 Å². The Labute approximate surface area is 107 Å². The van der Waals surface area contributed by atoms with E-state index in [9.17, 15) is 0 Å². The molecule has 0 unspecified atom stereocenters. The molecular weight excluding hydrogens is 230 g/mol. The van der Waals surface area contributed by atoms with Gasteiger partial charge in [-0.2, -0.15) is 0 Å². The summed E-state index contributed by atoms with van der Waals surface area (Å²) in [6.45, 7) is 0. The first-order valence-corrected chi connectivity index (χ1v) is 5.63. The predicted molar refractivity (Wildman–Crippen MR) is 70.5 cm³/mol. The molecule has 0 N–H and O–H groups in total. The largest absolute Gasteiger partial charge is 0.496 e. The van der Waals surface area contributed by atoms with Crippen LogP contribution in [-0.4, -0.2) is 25.9 Å². The first kappa shape index (κ1) is 12.4. The molecule has 18 heavy (non-hydrogen) atoms. The van der Waals surface area contributed by atoms with Crippen molar-refractivity contribution in [2.45, 2.75) is 0 Å². The van der Waals surface area contributed by atoms with Crippen molar-refractivity contribution in [2.75, 3.05) is 21.3 Å². The summed E-state index contributed by atoms with van der Waals surface area (Å²) in [5.74, 6) is 2.17. The molecular formula is C14H17NO3. The molecule has 0 aliphatic heterocycles. The average molecular weight is 247 g/mol. The highest BCUT2D eigenvalue weighted by Crippen LogP contribution is 2.41. The molecule has 1 aromatic heterocycles. The van der Waals surface area contributed by atoms with Gasteiger partial charge in [-0.25, -0.2) is 0 Å². The molecule has 1 aromatic carbocycles. The number of hydrogen-bond donors (Lipinski definition) is 0. The van der Waals surface area contributed by atoms with Gasteiger partial charge in [-0.15, -0.1) is 0 Å². The van der Waals surface area contributed by atoms with E-state index in [0.29, 0.717) is 5.75 Å². The number of nitrogens with zero attached hydrogens (tertiary/aromatic N) is 1. The van der Waals surface area contributed by atoms with Crippen LogP contribution in [0, 0.1) is 0 Å². The number of hydrogen-bond acceptors (Lipinski definition) is 3. The lowest BCUT2D eigenvalue weighted by Crippen LogP contribution is -1.98. The second-order valence-electron chi connectivity index (χ2n) is 3.91. The van der Waals surface area contributed by atoms with Crippen LogP contribution in [0.3, 0.4) is 0 Å². The highest BCUT2D eigenvalue weighted by molar-refractivity contribution is 5.76. The van der Waals surface area contributed by atoms with E-state index in [4.69, 9.17) is 14.2 Å². The molecule has 4 nitrogen and oxygen atoms in total. The number of aromatic nitrogens is 1. The minimum absolute atomic E-state index is 0.710. The zero-order chi connectivity index (χ0) is 13.1. The minimum Gasteiger partial charge on any atom is -0.496 e. The minimum atomic E-state index is 0.710. The SMILES string of the molecule is COc1cc(OC)c(-c2cccn2C)c(OC)c1. The first-order valence-electron chi connectivity index (χ1n) is 5.63. The van der Waals surface area contributed by atoms with Crippen molar-refractivity contribution in [3.8, 4) is 28.5 Å². The van der Waals surface area contributed by atoms with Crippen LogP contribution in [0.5, 0.6) is 17.2 Å². The molecule has 1 heterocycles. The summed E-state index contributed by atoms with van der Waals surface area (Å²) in [7, 11) is 6.89. The van der Waals surface area contributed by atoms with Crippen LogP contribution >= 0.6 is 0 Å². The number of benzene rings is 1. The molecule has 2 aromatic rings. The van der Waals surface area contributed by atoms with Gasteiger partial charge in [0.25, 0.3) is 0 Å². The summed E-state index contributed by atoms with van der Waals surface area (Å²) in [5.41, 5.74) is 1.96. The van der Waals surface area contributed by atoms with Gasteiger partial charge >= 0.3 is 0 Å². The summed E-state index contributed by atoms with van der Waals surface area (Å²) in [4.78, 5) is 0. The van der Waals surface area contributed by atoms with Gasteiger partial charge < -0.3 is 18.8 Å². The Morgan fingerprint density at radius 3 is 1.94 bits per heavy atom. The van der Waals surface area contributed by atoms with Crippen LogP contribution in [0.2, 0.25) is 0 Å². The van der Waals surface area contributed by atoms with Gasteiger partial charge in [-0.05, 0) is 12.1 Å². The van der Waals surface area contributed by atoms with Crippen molar-refractivity contribution >= 4 is 0 Å². The molecule has 0 aliphatic rings. The van der Waals surface area contributed by atoms with Crippen LogP contribution in [0.4, 0.5) is 0 Å². The Morgan fingerprint density at radius 2 is 1.56 bits per heavy atom. The molecule has 0 spiro atoms. The highest BCUT2D eigenvalue weighted by atomic mass is 16.5. The van der Waals surface area contributed by atoms with Gasteiger partial charge in [-0.1, -0.05) is 0 Å². The molecule has 0 radical (unpaired) electrons. The molecule has 96 valence electrons. The smallest absolute Gasteiger partial charge is 0.135 e. The summed E-state index contributed by atoms with van der Waals surface area (Å²) < 4.78 is 18.1. The molecule has 4 heteroatoms. The maximum atomic E-state index is 5.44. The lowest BCUT2D eigenvalue weighted by molar-refractivity contribution is 0.377. The third kappa shape index (κ3) is 2.01. The van der Waals surface area contributed by atoms with Gasteiger partial charge in [0.05, 0.1) is 32.6 Å². The van der Waals surface area contributed by atoms with E-state index in [1.54, 1.807) is 21.3 Å². The molecule has 0 atom stereocenters. The second-order valence-corrected chi connectivity index (χ2v) is 3.91. The maximum absolute atomic E-state index is 5.44. The van der Waals surface area contributed by atoms with E-state index >= 15 is 0 Å². The van der Waals surface area contributed by atoms with Crippen molar-refractivity contribution in [1.29, 1.82) is 0 Å². The fraction of sp³-hybridized carbons (Fsp3) is 0.286. The molecule has 0 fully saturated rings. The van der Waals surface area contributed by atoms with E-state index < -0.39 is 0 Å². The molecule has 2 rings (SSSR count). The quantitative estimate of drug-likeness (QED) is 0.832. The third-order valence-electron chi connectivity index (χ3n) is 2.91. The monoisotopic (exact) mass is 247 g/mol. The molecule has 0 saturated heterocycles. The number of ether oxygens (including phenoxy) is 3. The fourth-order valence-electron chi connectivity index (χ4n) is 1.98. The van der Waals surface area contributed by atoms with Crippen LogP contribution < -0.4 is 14.2 Å². The van der Waals surface area contributed by atoms with Crippen LogP contribution in [0.15, 0.2) is 30.5 Å². The fourth-order valence-corrected chi connectivity index (χ4v) is 1.98. The first-order chi connectivity index (χ1) is 8.71. The average Bonchev–Trinajstić information content (AvgIpc) is 2.82. The third-order valence-corrected chi connectivity index (χ3v) is 2.91. The summed E-state index contributed by atoms with van der Waals surface area (Å²) in [5, 5.41) is 0. The Bertz CT molecular complexity index is 521. The molecule has 0 bridgehead atoms. The Morgan fingerprint density at radius 1 is 0.944 bits per heavy atom. The maximum Gasteiger partial charge on any atom is 0.135 e. The predicted octanol–water partition coefficient (Wildman–Crippen LogP) is 2.72. The molecule has 0 saturated carbocycles. The number of methoxy groups -OCH3 is 3. The lowest BCUT2D eigenvalue weighted by atomic mass is 10.1. The topological polar surface area (TPSA) is 32.6 Å². The van der Waals surface area contributed by atoms with Crippen molar-refractivity contribution < 1.29 is 14.2 Å². The summed E-state index contributed by atoms with van der Waals surface area (Å²) >= 11 is 0. The van der Waals surface area contributed by atoms with E-state index in [0.717, 1.165) is 22.8 Å². The van der Waals surface area contributed by atoms with Crippen LogP contribution in [0.1, 0.15) is 0 Å². The van der Waals surface area contributed by atoms with E-state index in [1.807, 2.05) is 42.1 Å². The van der Waals surface area contributed by atoms with Gasteiger partial charge in [0, 0.05) is 25.4 Å². The molecule has 0 aliphatic carbocycles. The lowest BCUT2D eigenvalue weighted by Gasteiger charge is -2.15. The Balaban J connectivity index is 2.68. The van der Waals surface area contributed by atoms with Crippen molar-refractivity contribution in [3.63, 3.8) is 0 Å². The van der Waals surface area contributed by atoms with E-state index in [2.05, 4.69) is 0 Å². The Hall–Kier alpha value is -2.10. The second kappa shape index (κ2) is 5.04. The number of rotatable bonds is 4. The zero-order valence-corrected chi connectivity index (χ0v) is 11.1. The van der Waals surface area contributed by atoms with E-state index in [1.165, 1.54) is 0 Å². The van der Waals surface area contributed by atoms with E-state index in [-0.39, 0.29) is 0 Å². The van der Waals surface area contributed by atoms with Gasteiger partial charge in [0.15, 0.2) is 0 Å². The van der Waals surface area contributed by atoms with Gasteiger partial charge in [0.2, 0.25) is 0 Å². The summed E-state index contributed by atoms with van der Waals surface area (Å²) in [6.07, 6.45) is 1.98. The number of aryl methyl sites for hydroxylation is 1. The highest BCUT2D eigenvalue weighted by Gasteiger charge is 2.16. The summed E-state index contributed by atoms with van der Waals surface area (Å²) in [6, 6.07) is 7.71. The zero-order valence-electron chi connectivity index (χ0n) is 11.1. The van der Waals surface area contributed by atoms with Crippen LogP contribution in [-0.2, 0) is 7.05 Å². The van der Waals surface area contributed by atoms with Crippen molar-refractivity contribution in [2.24, 2.45) is 7.05 Å². The van der Waals surface area contributed by atoms with Crippen molar-refractivity contribution in [1.82, 2.24) is 4.57 Å². The normalized spacial score (nSPS) is 10.2. The molecule has 0 amide bonds. The Kier molecular flexibility index (Phi) is 3.46.